The number of nitrogens with zero attached hydrogens (tertiary/aromatic N) is 2. The van der Waals surface area contributed by atoms with E-state index < -0.39 is 0 Å². The van der Waals surface area contributed by atoms with Gasteiger partial charge in [0.25, 0.3) is 0 Å². The van der Waals surface area contributed by atoms with Gasteiger partial charge < -0.3 is 19.9 Å². The highest BCUT2D eigenvalue weighted by atomic mass is 16.5. The van der Waals surface area contributed by atoms with Crippen LogP contribution in [0.15, 0.2) is 0 Å². The van der Waals surface area contributed by atoms with Crippen LogP contribution in [0.2, 0.25) is 0 Å². The van der Waals surface area contributed by atoms with Crippen molar-refractivity contribution in [2.45, 2.75) is 19.4 Å². The summed E-state index contributed by atoms with van der Waals surface area (Å²) in [5, 5.41) is 3.00. The minimum atomic E-state index is 0.0101. The smallest absolute Gasteiger partial charge is 0.242 e. The summed E-state index contributed by atoms with van der Waals surface area (Å²) in [6.07, 6.45) is 0.890. The molecule has 2 amide bonds. The normalized spacial score (nSPS) is 25.4. The first-order chi connectivity index (χ1) is 8.72. The van der Waals surface area contributed by atoms with Crippen molar-refractivity contribution in [1.82, 2.24) is 15.1 Å². The Bertz CT molecular complexity index is 322. The van der Waals surface area contributed by atoms with E-state index in [1.165, 1.54) is 0 Å². The molecule has 18 heavy (non-hydrogen) atoms. The van der Waals surface area contributed by atoms with E-state index in [2.05, 4.69) is 12.2 Å². The Labute approximate surface area is 107 Å². The van der Waals surface area contributed by atoms with Crippen LogP contribution in [0.5, 0.6) is 0 Å². The van der Waals surface area contributed by atoms with Crippen LogP contribution in [-0.4, -0.2) is 73.6 Å². The second kappa shape index (κ2) is 6.15. The van der Waals surface area contributed by atoms with Gasteiger partial charge in [-0.1, -0.05) is 6.92 Å². The molecule has 0 saturated carbocycles. The minimum absolute atomic E-state index is 0.0101. The largest absolute Gasteiger partial charge is 0.377 e. The van der Waals surface area contributed by atoms with Gasteiger partial charge in [0.1, 0.15) is 0 Å². The first-order valence-corrected chi connectivity index (χ1v) is 6.58. The lowest BCUT2D eigenvalue weighted by molar-refractivity contribution is -0.146. The van der Waals surface area contributed by atoms with Crippen molar-refractivity contribution in [2.24, 2.45) is 0 Å². The molecule has 0 unspecified atom stereocenters. The number of carbonyl (C=O) groups is 2. The molecule has 0 aromatic heterocycles. The number of ether oxygens (including phenoxy) is 1. The molecule has 0 aromatic rings. The zero-order valence-corrected chi connectivity index (χ0v) is 10.9. The zero-order chi connectivity index (χ0) is 13.0. The summed E-state index contributed by atoms with van der Waals surface area (Å²) < 4.78 is 5.38. The molecule has 2 rings (SSSR count). The molecule has 102 valence electrons. The molecule has 2 fully saturated rings. The SMILES string of the molecule is CC[C@@H]1COCCN1C(=O)CN1CCNCC1=O. The van der Waals surface area contributed by atoms with Crippen LogP contribution < -0.4 is 5.32 Å². The van der Waals surface area contributed by atoms with E-state index in [0.29, 0.717) is 32.8 Å². The Morgan fingerprint density at radius 3 is 3.06 bits per heavy atom. The van der Waals surface area contributed by atoms with E-state index in [0.717, 1.165) is 13.0 Å². The predicted octanol–water partition coefficient (Wildman–Crippen LogP) is -0.944. The Balaban J connectivity index is 1.91. The number of nitrogens with one attached hydrogen (secondary N) is 1. The molecule has 2 aliphatic heterocycles. The summed E-state index contributed by atoms with van der Waals surface area (Å²) in [7, 11) is 0. The molecule has 1 atom stereocenters. The fraction of sp³-hybridized carbons (Fsp3) is 0.833. The third kappa shape index (κ3) is 3.00. The number of amides is 2. The molecular formula is C12H21N3O3. The van der Waals surface area contributed by atoms with Crippen molar-refractivity contribution in [2.75, 3.05) is 45.9 Å². The van der Waals surface area contributed by atoms with E-state index in [4.69, 9.17) is 4.74 Å². The molecule has 2 saturated heterocycles. The molecule has 1 N–H and O–H groups in total. The summed E-state index contributed by atoms with van der Waals surface area (Å²) in [5.74, 6) is 0.0521. The van der Waals surface area contributed by atoms with Crippen LogP contribution in [0.3, 0.4) is 0 Å². The highest BCUT2D eigenvalue weighted by molar-refractivity contribution is 5.86. The molecule has 2 aliphatic rings. The molecule has 6 nitrogen and oxygen atoms in total. The van der Waals surface area contributed by atoms with E-state index in [9.17, 15) is 9.59 Å². The molecule has 0 bridgehead atoms. The average Bonchev–Trinajstić information content (AvgIpc) is 2.41. The first-order valence-electron chi connectivity index (χ1n) is 6.58. The number of morpholine rings is 1. The van der Waals surface area contributed by atoms with Gasteiger partial charge in [-0.2, -0.15) is 0 Å². The van der Waals surface area contributed by atoms with Crippen molar-refractivity contribution in [3.05, 3.63) is 0 Å². The summed E-state index contributed by atoms with van der Waals surface area (Å²) in [4.78, 5) is 27.4. The zero-order valence-electron chi connectivity index (χ0n) is 10.9. The number of carbonyl (C=O) groups excluding carboxylic acids is 2. The summed E-state index contributed by atoms with van der Waals surface area (Å²) in [6, 6.07) is 0.157. The maximum absolute atomic E-state index is 12.2. The second-order valence-corrected chi connectivity index (χ2v) is 4.72. The quantitative estimate of drug-likeness (QED) is 0.707. The van der Waals surface area contributed by atoms with Gasteiger partial charge in [-0.25, -0.2) is 0 Å². The Morgan fingerprint density at radius 2 is 2.33 bits per heavy atom. The highest BCUT2D eigenvalue weighted by Gasteiger charge is 2.28. The van der Waals surface area contributed by atoms with Gasteiger partial charge in [0.2, 0.25) is 11.8 Å². The second-order valence-electron chi connectivity index (χ2n) is 4.72. The fourth-order valence-corrected chi connectivity index (χ4v) is 2.39. The lowest BCUT2D eigenvalue weighted by atomic mass is 10.1. The molecule has 2 heterocycles. The topological polar surface area (TPSA) is 61.9 Å². The average molecular weight is 255 g/mol. The summed E-state index contributed by atoms with van der Waals surface area (Å²) in [6.45, 7) is 5.82. The van der Waals surface area contributed by atoms with Crippen LogP contribution in [-0.2, 0) is 14.3 Å². The van der Waals surface area contributed by atoms with Gasteiger partial charge >= 0.3 is 0 Å². The van der Waals surface area contributed by atoms with Crippen molar-refractivity contribution >= 4 is 11.8 Å². The third-order valence-corrected chi connectivity index (χ3v) is 3.53. The predicted molar refractivity (Wildman–Crippen MR) is 66.1 cm³/mol. The molecule has 0 radical (unpaired) electrons. The van der Waals surface area contributed by atoms with Crippen LogP contribution in [0.1, 0.15) is 13.3 Å². The lowest BCUT2D eigenvalue weighted by Gasteiger charge is -2.37. The van der Waals surface area contributed by atoms with Crippen LogP contribution >= 0.6 is 0 Å². The molecule has 0 aliphatic carbocycles. The molecule has 0 aromatic carbocycles. The number of hydrogen-bond acceptors (Lipinski definition) is 4. The molecule has 0 spiro atoms. The van der Waals surface area contributed by atoms with E-state index >= 15 is 0 Å². The maximum Gasteiger partial charge on any atom is 0.242 e. The third-order valence-electron chi connectivity index (χ3n) is 3.53. The van der Waals surface area contributed by atoms with Crippen molar-refractivity contribution in [3.63, 3.8) is 0 Å². The van der Waals surface area contributed by atoms with Crippen LogP contribution in [0.4, 0.5) is 0 Å². The summed E-state index contributed by atoms with van der Waals surface area (Å²) >= 11 is 0. The van der Waals surface area contributed by atoms with E-state index in [-0.39, 0.29) is 24.4 Å². The number of rotatable bonds is 3. The number of hydrogen-bond donors (Lipinski definition) is 1. The Morgan fingerprint density at radius 1 is 1.50 bits per heavy atom. The van der Waals surface area contributed by atoms with Crippen LogP contribution in [0, 0.1) is 0 Å². The number of piperazine rings is 1. The molecular weight excluding hydrogens is 234 g/mol. The van der Waals surface area contributed by atoms with Crippen molar-refractivity contribution in [3.8, 4) is 0 Å². The Kier molecular flexibility index (Phi) is 4.54. The summed E-state index contributed by atoms with van der Waals surface area (Å²) in [5.41, 5.74) is 0. The minimum Gasteiger partial charge on any atom is -0.377 e. The van der Waals surface area contributed by atoms with Gasteiger partial charge in [0, 0.05) is 19.6 Å². The van der Waals surface area contributed by atoms with Gasteiger partial charge in [-0.05, 0) is 6.42 Å². The monoisotopic (exact) mass is 255 g/mol. The fourth-order valence-electron chi connectivity index (χ4n) is 2.39. The van der Waals surface area contributed by atoms with Gasteiger partial charge in [0.05, 0.1) is 32.3 Å². The standard InChI is InChI=1S/C12H21N3O3/c1-2-10-9-18-6-5-15(10)12(17)8-14-4-3-13-7-11(14)16/h10,13H,2-9H2,1H3/t10-/m1/s1. The maximum atomic E-state index is 12.2. The van der Waals surface area contributed by atoms with Gasteiger partial charge in [0.15, 0.2) is 0 Å². The lowest BCUT2D eigenvalue weighted by Crippen LogP contribution is -2.55. The van der Waals surface area contributed by atoms with Gasteiger partial charge in [-0.3, -0.25) is 9.59 Å². The van der Waals surface area contributed by atoms with Crippen LogP contribution in [0.25, 0.3) is 0 Å². The molecule has 6 heteroatoms. The van der Waals surface area contributed by atoms with E-state index in [1.807, 2.05) is 4.90 Å². The van der Waals surface area contributed by atoms with Gasteiger partial charge in [-0.15, -0.1) is 0 Å². The van der Waals surface area contributed by atoms with Crippen molar-refractivity contribution < 1.29 is 14.3 Å². The van der Waals surface area contributed by atoms with E-state index in [1.54, 1.807) is 4.90 Å². The van der Waals surface area contributed by atoms with Crippen molar-refractivity contribution in [1.29, 1.82) is 0 Å². The first kappa shape index (κ1) is 13.3. The highest BCUT2D eigenvalue weighted by Crippen LogP contribution is 2.11. The Hall–Kier alpha value is -1.14.